The van der Waals surface area contributed by atoms with Crippen molar-refractivity contribution in [2.45, 2.75) is 33.0 Å². The molecule has 1 fully saturated rings. The number of anilines is 2. The molecule has 1 N–H and O–H groups in total. The monoisotopic (exact) mass is 391 g/mol. The molecule has 3 aromatic rings. The van der Waals surface area contributed by atoms with E-state index in [1.54, 1.807) is 12.7 Å². The Hall–Kier alpha value is -2.93. The molecule has 0 amide bonds. The summed E-state index contributed by atoms with van der Waals surface area (Å²) in [7, 11) is 0. The lowest BCUT2D eigenvalue weighted by Crippen LogP contribution is -2.47. The molecule has 7 nitrogen and oxygen atoms in total. The minimum Gasteiger partial charge on any atom is -0.368 e. The summed E-state index contributed by atoms with van der Waals surface area (Å²) >= 11 is 0. The zero-order valence-corrected chi connectivity index (χ0v) is 17.2. The predicted octanol–water partition coefficient (Wildman–Crippen LogP) is 2.49. The van der Waals surface area contributed by atoms with E-state index >= 15 is 0 Å². The highest BCUT2D eigenvalue weighted by Crippen LogP contribution is 2.24. The summed E-state index contributed by atoms with van der Waals surface area (Å²) in [6, 6.07) is 13.1. The Morgan fingerprint density at radius 2 is 1.83 bits per heavy atom. The molecule has 0 unspecified atom stereocenters. The maximum atomic E-state index is 4.71. The Kier molecular flexibility index (Phi) is 6.05. The summed E-state index contributed by atoms with van der Waals surface area (Å²) in [5.74, 6) is 1.09. The molecular weight excluding hydrogens is 362 g/mol. The summed E-state index contributed by atoms with van der Waals surface area (Å²) in [5.41, 5.74) is 3.92. The third-order valence-corrected chi connectivity index (χ3v) is 5.47. The van der Waals surface area contributed by atoms with Crippen LogP contribution in [0, 0.1) is 6.92 Å². The van der Waals surface area contributed by atoms with Gasteiger partial charge in [-0.1, -0.05) is 24.3 Å². The van der Waals surface area contributed by atoms with Crippen LogP contribution in [0.3, 0.4) is 0 Å². The van der Waals surface area contributed by atoms with Gasteiger partial charge in [0.1, 0.15) is 18.5 Å². The van der Waals surface area contributed by atoms with Crippen molar-refractivity contribution in [3.05, 3.63) is 66.4 Å². The Labute approximate surface area is 172 Å². The fourth-order valence-corrected chi connectivity index (χ4v) is 3.89. The second-order valence-corrected chi connectivity index (χ2v) is 7.65. The molecule has 0 spiro atoms. The summed E-state index contributed by atoms with van der Waals surface area (Å²) in [4.78, 5) is 13.6. The van der Waals surface area contributed by atoms with Gasteiger partial charge in [-0.15, -0.1) is 0 Å². The first-order valence-electron chi connectivity index (χ1n) is 10.3. The number of hydrogen-bond donors (Lipinski definition) is 1. The largest absolute Gasteiger partial charge is 0.368 e. The topological polar surface area (TPSA) is 62.1 Å². The number of nitrogens with one attached hydrogen (secondary N) is 1. The SMILES string of the molecule is Cc1ccccc1N1CCN(c2ncccc2CN[C@H](C)Cn2cncn2)CC1. The molecule has 7 heteroatoms. The van der Waals surface area contributed by atoms with Crippen LogP contribution in [0.25, 0.3) is 0 Å². The fourth-order valence-electron chi connectivity index (χ4n) is 3.89. The molecule has 4 rings (SSSR count). The van der Waals surface area contributed by atoms with Crippen LogP contribution in [0.1, 0.15) is 18.1 Å². The van der Waals surface area contributed by atoms with Crippen LogP contribution in [-0.2, 0) is 13.1 Å². The maximum Gasteiger partial charge on any atom is 0.137 e. The molecule has 0 bridgehead atoms. The number of hydrogen-bond acceptors (Lipinski definition) is 6. The molecule has 152 valence electrons. The highest BCUT2D eigenvalue weighted by atomic mass is 15.3. The van der Waals surface area contributed by atoms with E-state index in [9.17, 15) is 0 Å². The van der Waals surface area contributed by atoms with Gasteiger partial charge in [0.2, 0.25) is 0 Å². The first kappa shape index (κ1) is 19.4. The zero-order chi connectivity index (χ0) is 20.1. The second-order valence-electron chi connectivity index (χ2n) is 7.65. The number of nitrogens with zero attached hydrogens (tertiary/aromatic N) is 6. The van der Waals surface area contributed by atoms with Crippen molar-refractivity contribution in [1.82, 2.24) is 25.1 Å². The number of aryl methyl sites for hydroxylation is 1. The van der Waals surface area contributed by atoms with Gasteiger partial charge in [-0.2, -0.15) is 5.10 Å². The van der Waals surface area contributed by atoms with Crippen LogP contribution in [-0.4, -0.2) is 52.0 Å². The number of pyridine rings is 1. The lowest BCUT2D eigenvalue weighted by atomic mass is 10.1. The third kappa shape index (κ3) is 4.74. The van der Waals surface area contributed by atoms with Gasteiger partial charge < -0.3 is 15.1 Å². The van der Waals surface area contributed by atoms with Crippen molar-refractivity contribution in [3.63, 3.8) is 0 Å². The third-order valence-electron chi connectivity index (χ3n) is 5.47. The average molecular weight is 392 g/mol. The zero-order valence-electron chi connectivity index (χ0n) is 17.2. The molecule has 29 heavy (non-hydrogen) atoms. The smallest absolute Gasteiger partial charge is 0.137 e. The van der Waals surface area contributed by atoms with Crippen molar-refractivity contribution < 1.29 is 0 Å². The van der Waals surface area contributed by atoms with Crippen molar-refractivity contribution >= 4 is 11.5 Å². The van der Waals surface area contributed by atoms with Crippen LogP contribution >= 0.6 is 0 Å². The van der Waals surface area contributed by atoms with Gasteiger partial charge in [0.05, 0.1) is 6.54 Å². The van der Waals surface area contributed by atoms with Crippen LogP contribution in [0.5, 0.6) is 0 Å². The minimum atomic E-state index is 0.294. The fraction of sp³-hybridized carbons (Fsp3) is 0.409. The highest BCUT2D eigenvalue weighted by Gasteiger charge is 2.21. The first-order valence-corrected chi connectivity index (χ1v) is 10.3. The molecule has 0 saturated carbocycles. The molecule has 1 saturated heterocycles. The van der Waals surface area contributed by atoms with Gasteiger partial charge >= 0.3 is 0 Å². The first-order chi connectivity index (χ1) is 14.2. The molecule has 1 atom stereocenters. The number of rotatable bonds is 7. The quantitative estimate of drug-likeness (QED) is 0.668. The Morgan fingerprint density at radius 3 is 2.59 bits per heavy atom. The summed E-state index contributed by atoms with van der Waals surface area (Å²) in [6.45, 7) is 9.92. The van der Waals surface area contributed by atoms with Crippen molar-refractivity contribution in [2.24, 2.45) is 0 Å². The highest BCUT2D eigenvalue weighted by molar-refractivity contribution is 5.55. The van der Waals surface area contributed by atoms with E-state index < -0.39 is 0 Å². The van der Waals surface area contributed by atoms with E-state index in [4.69, 9.17) is 4.98 Å². The lowest BCUT2D eigenvalue weighted by Gasteiger charge is -2.38. The standard InChI is InChI=1S/C22H29N7/c1-18-6-3-4-8-21(18)27-10-12-28(13-11-27)22-20(7-5-9-24-22)14-25-19(2)15-29-17-23-16-26-29/h3-9,16-17,19,25H,10-15H2,1-2H3/t19-/m1/s1. The van der Waals surface area contributed by atoms with Crippen molar-refractivity contribution in [1.29, 1.82) is 0 Å². The molecule has 1 aromatic carbocycles. The van der Waals surface area contributed by atoms with Gasteiger partial charge in [0.15, 0.2) is 0 Å². The minimum absolute atomic E-state index is 0.294. The Balaban J connectivity index is 1.36. The normalized spacial score (nSPS) is 15.5. The number of para-hydroxylation sites is 1. The molecule has 0 radical (unpaired) electrons. The van der Waals surface area contributed by atoms with Crippen LogP contribution in [0.2, 0.25) is 0 Å². The molecule has 0 aliphatic carbocycles. The number of piperazine rings is 1. The molecule has 1 aliphatic rings. The van der Waals surface area contributed by atoms with E-state index in [0.717, 1.165) is 45.1 Å². The lowest BCUT2D eigenvalue weighted by molar-refractivity contribution is 0.449. The van der Waals surface area contributed by atoms with Crippen molar-refractivity contribution in [2.75, 3.05) is 36.0 Å². The predicted molar refractivity (Wildman–Crippen MR) is 116 cm³/mol. The number of benzene rings is 1. The summed E-state index contributed by atoms with van der Waals surface area (Å²) < 4.78 is 1.85. The van der Waals surface area contributed by atoms with Gasteiger partial charge in [0.25, 0.3) is 0 Å². The maximum absolute atomic E-state index is 4.71. The average Bonchev–Trinajstić information content (AvgIpc) is 3.26. The van der Waals surface area contributed by atoms with Crippen LogP contribution in [0.4, 0.5) is 11.5 Å². The molecule has 1 aliphatic heterocycles. The van der Waals surface area contributed by atoms with E-state index in [1.165, 1.54) is 16.8 Å². The van der Waals surface area contributed by atoms with Gasteiger partial charge in [0, 0.05) is 56.2 Å². The Morgan fingerprint density at radius 1 is 1.03 bits per heavy atom. The van der Waals surface area contributed by atoms with Crippen LogP contribution < -0.4 is 15.1 Å². The molecule has 2 aromatic heterocycles. The van der Waals surface area contributed by atoms with E-state index in [-0.39, 0.29) is 0 Å². The van der Waals surface area contributed by atoms with E-state index in [0.29, 0.717) is 6.04 Å². The molecule has 3 heterocycles. The van der Waals surface area contributed by atoms with Crippen molar-refractivity contribution in [3.8, 4) is 0 Å². The van der Waals surface area contributed by atoms with Crippen LogP contribution in [0.15, 0.2) is 55.2 Å². The van der Waals surface area contributed by atoms with Gasteiger partial charge in [-0.05, 0) is 31.5 Å². The second kappa shape index (κ2) is 9.05. The number of aromatic nitrogens is 4. The van der Waals surface area contributed by atoms with Gasteiger partial charge in [-0.3, -0.25) is 4.68 Å². The molecular formula is C22H29N7. The summed E-state index contributed by atoms with van der Waals surface area (Å²) in [5, 5.41) is 7.77. The summed E-state index contributed by atoms with van der Waals surface area (Å²) in [6.07, 6.45) is 5.22. The van der Waals surface area contributed by atoms with Gasteiger partial charge in [-0.25, -0.2) is 9.97 Å². The van der Waals surface area contributed by atoms with E-state index in [1.807, 2.05) is 16.9 Å². The van der Waals surface area contributed by atoms with E-state index in [2.05, 4.69) is 69.4 Å². The Bertz CT molecular complexity index is 901.